The fourth-order valence-electron chi connectivity index (χ4n) is 1.16. The van der Waals surface area contributed by atoms with E-state index in [1.807, 2.05) is 0 Å². The lowest BCUT2D eigenvalue weighted by molar-refractivity contribution is -0.142. The maximum atomic E-state index is 10.4. The molecule has 0 atom stereocenters. The van der Waals surface area contributed by atoms with Gasteiger partial charge in [0, 0.05) is 13.5 Å². The molecule has 0 saturated heterocycles. The average molecular weight is 368 g/mol. The maximum Gasteiger partial charge on any atom is 0.341 e. The van der Waals surface area contributed by atoms with Crippen molar-refractivity contribution in [3.05, 3.63) is 0 Å². The summed E-state index contributed by atoms with van der Waals surface area (Å²) in [5.41, 5.74) is 0. The SMILES string of the molecule is CC(=O)OCCOCCOCCOCCC[Si](Cl)(Cl)Cl. The number of ether oxygens (including phenoxy) is 4. The van der Waals surface area contributed by atoms with Crippen LogP contribution >= 0.6 is 33.2 Å². The zero-order chi connectivity index (χ0) is 15.3. The summed E-state index contributed by atoms with van der Waals surface area (Å²) in [6.45, 7) is 4.52. The lowest BCUT2D eigenvalue weighted by Gasteiger charge is -2.08. The van der Waals surface area contributed by atoms with Crippen molar-refractivity contribution in [3.63, 3.8) is 0 Å². The molecule has 0 spiro atoms. The third-order valence-corrected chi connectivity index (χ3v) is 4.65. The summed E-state index contributed by atoms with van der Waals surface area (Å²) in [4.78, 5) is 10.4. The fraction of sp³-hybridized carbons (Fsp3) is 0.909. The molecule has 0 aromatic carbocycles. The molecule has 9 heteroatoms. The molecule has 0 aliphatic heterocycles. The van der Waals surface area contributed by atoms with E-state index in [9.17, 15) is 4.79 Å². The third kappa shape index (κ3) is 18.4. The van der Waals surface area contributed by atoms with Crippen LogP contribution in [0.2, 0.25) is 6.04 Å². The van der Waals surface area contributed by atoms with Gasteiger partial charge in [-0.25, -0.2) is 0 Å². The number of esters is 1. The van der Waals surface area contributed by atoms with Crippen LogP contribution in [0.15, 0.2) is 0 Å². The molecule has 0 heterocycles. The lowest BCUT2D eigenvalue weighted by atomic mass is 10.5. The highest BCUT2D eigenvalue weighted by Gasteiger charge is 2.23. The van der Waals surface area contributed by atoms with Gasteiger partial charge >= 0.3 is 12.0 Å². The Labute approximate surface area is 134 Å². The van der Waals surface area contributed by atoms with Crippen LogP contribution in [-0.2, 0) is 23.7 Å². The molecule has 0 rings (SSSR count). The molecular weight excluding hydrogens is 347 g/mol. The summed E-state index contributed by atoms with van der Waals surface area (Å²) >= 11 is 17.2. The predicted octanol–water partition coefficient (Wildman–Crippen LogP) is 2.64. The molecule has 0 radical (unpaired) electrons. The van der Waals surface area contributed by atoms with E-state index in [4.69, 9.17) is 52.2 Å². The van der Waals surface area contributed by atoms with Crippen molar-refractivity contribution >= 4 is 45.2 Å². The van der Waals surface area contributed by atoms with E-state index >= 15 is 0 Å². The Hall–Kier alpha value is 0.437. The summed E-state index contributed by atoms with van der Waals surface area (Å²) < 4.78 is 20.5. The summed E-state index contributed by atoms with van der Waals surface area (Å²) in [5.74, 6) is -0.306. The van der Waals surface area contributed by atoms with Crippen molar-refractivity contribution in [2.45, 2.75) is 19.4 Å². The van der Waals surface area contributed by atoms with E-state index in [0.717, 1.165) is 6.42 Å². The molecular formula is C11H21Cl3O5Si. The number of carbonyl (C=O) groups excluding carboxylic acids is 1. The second-order valence-electron chi connectivity index (χ2n) is 3.90. The molecule has 0 aliphatic carbocycles. The second-order valence-corrected chi connectivity index (χ2v) is 13.2. The highest BCUT2D eigenvalue weighted by Crippen LogP contribution is 2.26. The van der Waals surface area contributed by atoms with Crippen molar-refractivity contribution in [2.24, 2.45) is 0 Å². The number of hydrogen-bond donors (Lipinski definition) is 0. The van der Waals surface area contributed by atoms with E-state index in [1.165, 1.54) is 6.92 Å². The first-order valence-corrected chi connectivity index (χ1v) is 11.6. The Morgan fingerprint density at radius 3 is 1.75 bits per heavy atom. The fourth-order valence-corrected chi connectivity index (χ4v) is 2.91. The third-order valence-electron chi connectivity index (χ3n) is 2.03. The molecule has 0 fully saturated rings. The van der Waals surface area contributed by atoms with Crippen molar-refractivity contribution in [1.82, 2.24) is 0 Å². The van der Waals surface area contributed by atoms with Gasteiger partial charge in [-0.2, -0.15) is 0 Å². The molecule has 0 amide bonds. The van der Waals surface area contributed by atoms with Crippen LogP contribution in [0.4, 0.5) is 0 Å². The molecule has 120 valence electrons. The van der Waals surface area contributed by atoms with Crippen molar-refractivity contribution < 1.29 is 23.7 Å². The number of halogens is 3. The van der Waals surface area contributed by atoms with Crippen LogP contribution in [0.25, 0.3) is 0 Å². The predicted molar refractivity (Wildman–Crippen MR) is 81.8 cm³/mol. The van der Waals surface area contributed by atoms with Gasteiger partial charge < -0.3 is 18.9 Å². The Balaban J connectivity index is 3.05. The topological polar surface area (TPSA) is 54.0 Å². The smallest absolute Gasteiger partial charge is 0.341 e. The van der Waals surface area contributed by atoms with E-state index < -0.39 is 6.00 Å². The number of rotatable bonds is 13. The van der Waals surface area contributed by atoms with Crippen LogP contribution in [0.1, 0.15) is 13.3 Å². The van der Waals surface area contributed by atoms with Gasteiger partial charge in [0.05, 0.1) is 33.0 Å². The molecule has 20 heavy (non-hydrogen) atoms. The first-order chi connectivity index (χ1) is 9.42. The van der Waals surface area contributed by atoms with Crippen molar-refractivity contribution in [3.8, 4) is 0 Å². The Morgan fingerprint density at radius 1 is 0.850 bits per heavy atom. The molecule has 5 nitrogen and oxygen atoms in total. The van der Waals surface area contributed by atoms with E-state index in [0.29, 0.717) is 45.7 Å². The standard InChI is InChI=1S/C11H21Cl3O5Si/c1-11(15)19-9-8-18-7-6-17-5-4-16-3-2-10-20(12,13)14/h2-10H2,1H3. The molecule has 0 aromatic heterocycles. The first-order valence-electron chi connectivity index (χ1n) is 6.35. The summed E-state index contributed by atoms with van der Waals surface area (Å²) in [7, 11) is 0. The average Bonchev–Trinajstić information content (AvgIpc) is 2.33. The molecule has 0 N–H and O–H groups in total. The van der Waals surface area contributed by atoms with Gasteiger partial charge in [-0.05, 0) is 12.5 Å². The van der Waals surface area contributed by atoms with Crippen molar-refractivity contribution in [1.29, 1.82) is 0 Å². The van der Waals surface area contributed by atoms with Gasteiger partial charge in [-0.3, -0.25) is 4.79 Å². The first kappa shape index (κ1) is 20.4. The zero-order valence-corrected chi connectivity index (χ0v) is 14.8. The Bertz CT molecular complexity index is 251. The maximum absolute atomic E-state index is 10.4. The van der Waals surface area contributed by atoms with E-state index in [2.05, 4.69) is 0 Å². The van der Waals surface area contributed by atoms with E-state index in [-0.39, 0.29) is 12.6 Å². The summed E-state index contributed by atoms with van der Waals surface area (Å²) in [6.07, 6.45) is 0.752. The zero-order valence-electron chi connectivity index (χ0n) is 11.5. The van der Waals surface area contributed by atoms with Crippen LogP contribution in [0.5, 0.6) is 0 Å². The quantitative estimate of drug-likeness (QED) is 0.217. The number of carbonyl (C=O) groups is 1. The van der Waals surface area contributed by atoms with Crippen LogP contribution in [0.3, 0.4) is 0 Å². The Morgan fingerprint density at radius 2 is 1.30 bits per heavy atom. The van der Waals surface area contributed by atoms with Crippen LogP contribution < -0.4 is 0 Å². The summed E-state index contributed by atoms with van der Waals surface area (Å²) in [5, 5.41) is 0. The lowest BCUT2D eigenvalue weighted by Crippen LogP contribution is -2.13. The largest absolute Gasteiger partial charge is 0.463 e. The van der Waals surface area contributed by atoms with Crippen LogP contribution in [0, 0.1) is 0 Å². The van der Waals surface area contributed by atoms with Crippen molar-refractivity contribution in [2.75, 3.05) is 46.2 Å². The summed E-state index contributed by atoms with van der Waals surface area (Å²) in [6, 6.07) is -1.90. The molecule has 0 aromatic rings. The van der Waals surface area contributed by atoms with Crippen LogP contribution in [-0.4, -0.2) is 58.2 Å². The van der Waals surface area contributed by atoms with Gasteiger partial charge in [-0.1, -0.05) is 0 Å². The van der Waals surface area contributed by atoms with Gasteiger partial charge in [0.1, 0.15) is 6.61 Å². The Kier molecular flexibility index (Phi) is 13.4. The number of hydrogen-bond acceptors (Lipinski definition) is 5. The second kappa shape index (κ2) is 13.1. The minimum absolute atomic E-state index is 0.269. The molecule has 0 unspecified atom stereocenters. The van der Waals surface area contributed by atoms with Gasteiger partial charge in [-0.15, -0.1) is 33.2 Å². The molecule has 0 saturated carbocycles. The van der Waals surface area contributed by atoms with E-state index in [1.54, 1.807) is 0 Å². The molecule has 0 bridgehead atoms. The van der Waals surface area contributed by atoms with Gasteiger partial charge in [0.15, 0.2) is 0 Å². The van der Waals surface area contributed by atoms with Gasteiger partial charge in [0.2, 0.25) is 0 Å². The molecule has 0 aliphatic rings. The normalized spacial score (nSPS) is 11.6. The monoisotopic (exact) mass is 366 g/mol. The minimum Gasteiger partial charge on any atom is -0.463 e. The van der Waals surface area contributed by atoms with Gasteiger partial charge in [0.25, 0.3) is 0 Å². The highest BCUT2D eigenvalue weighted by molar-refractivity contribution is 7.64. The highest BCUT2D eigenvalue weighted by atomic mass is 35.8. The minimum atomic E-state index is -2.50.